The van der Waals surface area contributed by atoms with Crippen molar-refractivity contribution in [1.82, 2.24) is 4.98 Å². The van der Waals surface area contributed by atoms with Gasteiger partial charge in [0.1, 0.15) is 0 Å². The van der Waals surface area contributed by atoms with E-state index in [-0.39, 0.29) is 0 Å². The Morgan fingerprint density at radius 2 is 2.00 bits per heavy atom. The summed E-state index contributed by atoms with van der Waals surface area (Å²) in [4.78, 5) is 5.98. The lowest BCUT2D eigenvalue weighted by atomic mass is 10.00. The second-order valence-corrected chi connectivity index (χ2v) is 6.94. The van der Waals surface area contributed by atoms with E-state index in [1.165, 1.54) is 21.6 Å². The van der Waals surface area contributed by atoms with Crippen LogP contribution in [-0.4, -0.2) is 4.98 Å². The average Bonchev–Trinajstić information content (AvgIpc) is 3.04. The van der Waals surface area contributed by atoms with Crippen LogP contribution < -0.4 is 3.53 Å². The van der Waals surface area contributed by atoms with Gasteiger partial charge in [-0.1, -0.05) is 48.0 Å². The van der Waals surface area contributed by atoms with Crippen LogP contribution in [0.15, 0.2) is 42.5 Å². The molecule has 104 valence electrons. The van der Waals surface area contributed by atoms with Crippen LogP contribution >= 0.6 is 45.8 Å². The highest BCUT2D eigenvalue weighted by Crippen LogP contribution is 2.43. The van der Waals surface area contributed by atoms with E-state index in [9.17, 15) is 0 Å². The number of hydrogen-bond acceptors (Lipinski definition) is 3. The number of anilines is 1. The number of thiazole rings is 1. The van der Waals surface area contributed by atoms with Crippen LogP contribution in [0.4, 0.5) is 5.13 Å². The van der Waals surface area contributed by atoms with Crippen molar-refractivity contribution in [3.8, 4) is 22.4 Å². The van der Waals surface area contributed by atoms with E-state index in [1.807, 2.05) is 18.2 Å². The molecule has 0 amide bonds. The van der Waals surface area contributed by atoms with Crippen molar-refractivity contribution in [2.45, 2.75) is 6.42 Å². The highest BCUT2D eigenvalue weighted by molar-refractivity contribution is 14.1. The van der Waals surface area contributed by atoms with Crippen molar-refractivity contribution in [3.63, 3.8) is 0 Å². The summed E-state index contributed by atoms with van der Waals surface area (Å²) in [5, 5.41) is 1.76. The van der Waals surface area contributed by atoms with E-state index < -0.39 is 0 Å². The molecule has 0 saturated heterocycles. The number of benzene rings is 2. The molecule has 5 heteroatoms. The van der Waals surface area contributed by atoms with E-state index in [1.54, 1.807) is 11.3 Å². The van der Waals surface area contributed by atoms with E-state index >= 15 is 0 Å². The second kappa shape index (κ2) is 5.26. The fraction of sp³-hybridized carbons (Fsp3) is 0.0625. The fourth-order valence-electron chi connectivity index (χ4n) is 2.73. The van der Waals surface area contributed by atoms with Crippen LogP contribution in [0.25, 0.3) is 22.4 Å². The molecule has 0 atom stereocenters. The van der Waals surface area contributed by atoms with Gasteiger partial charge in [0, 0.05) is 27.4 Å². The highest BCUT2D eigenvalue weighted by atomic mass is 127. The minimum atomic E-state index is 0.791. The molecule has 3 aromatic rings. The summed E-state index contributed by atoms with van der Waals surface area (Å²) < 4.78 is 3.09. The predicted molar refractivity (Wildman–Crippen MR) is 98.4 cm³/mol. The molecule has 0 unspecified atom stereocenters. The molecule has 1 N–H and O–H groups in total. The van der Waals surface area contributed by atoms with Crippen LogP contribution in [0.5, 0.6) is 0 Å². The lowest BCUT2D eigenvalue weighted by molar-refractivity contribution is 1.31. The van der Waals surface area contributed by atoms with Crippen LogP contribution in [0.1, 0.15) is 10.4 Å². The average molecular weight is 425 g/mol. The van der Waals surface area contributed by atoms with Crippen LogP contribution in [0.2, 0.25) is 5.02 Å². The first kappa shape index (κ1) is 13.5. The van der Waals surface area contributed by atoms with E-state index in [0.29, 0.717) is 0 Å². The van der Waals surface area contributed by atoms with Gasteiger partial charge in [-0.15, -0.1) is 11.3 Å². The molecule has 1 heterocycles. The molecule has 0 fully saturated rings. The van der Waals surface area contributed by atoms with Gasteiger partial charge in [-0.25, -0.2) is 4.98 Å². The van der Waals surface area contributed by atoms with Gasteiger partial charge in [0.15, 0.2) is 5.13 Å². The van der Waals surface area contributed by atoms with Crippen molar-refractivity contribution in [2.75, 3.05) is 3.53 Å². The quantitative estimate of drug-likeness (QED) is 0.325. The Morgan fingerprint density at radius 1 is 1.14 bits per heavy atom. The van der Waals surface area contributed by atoms with Crippen LogP contribution in [-0.2, 0) is 6.42 Å². The first-order valence-corrected chi connectivity index (χ1v) is 8.78. The Hall–Kier alpha value is -1.11. The van der Waals surface area contributed by atoms with E-state index in [2.05, 4.69) is 55.6 Å². The number of hydrogen-bond donors (Lipinski definition) is 1. The summed E-state index contributed by atoms with van der Waals surface area (Å²) in [6, 6.07) is 14.5. The molecule has 1 aromatic heterocycles. The normalized spacial score (nSPS) is 12.1. The summed E-state index contributed by atoms with van der Waals surface area (Å²) in [7, 11) is 0. The molecule has 2 aromatic carbocycles. The molecule has 0 bridgehead atoms. The zero-order chi connectivity index (χ0) is 14.4. The fourth-order valence-corrected chi connectivity index (χ4v) is 4.31. The van der Waals surface area contributed by atoms with E-state index in [0.717, 1.165) is 27.8 Å². The van der Waals surface area contributed by atoms with E-state index in [4.69, 9.17) is 11.6 Å². The van der Waals surface area contributed by atoms with Gasteiger partial charge in [-0.3, -0.25) is 0 Å². The molecular weight excluding hydrogens is 415 g/mol. The number of nitrogens with zero attached hydrogens (tertiary/aromatic N) is 1. The molecule has 1 aliphatic rings. The van der Waals surface area contributed by atoms with Crippen LogP contribution in [0.3, 0.4) is 0 Å². The summed E-state index contributed by atoms with van der Waals surface area (Å²) in [5.74, 6) is 0. The zero-order valence-corrected chi connectivity index (χ0v) is 14.6. The maximum atomic E-state index is 6.30. The Balaban J connectivity index is 1.80. The summed E-state index contributed by atoms with van der Waals surface area (Å²) >= 11 is 10.1. The molecule has 0 saturated carbocycles. The molecular formula is C16H10ClIN2S. The lowest BCUT2D eigenvalue weighted by Gasteiger charge is -2.07. The lowest BCUT2D eigenvalue weighted by Crippen LogP contribution is -1.86. The number of aromatic nitrogens is 1. The standard InChI is InChI=1S/C16H10ClIN2S/c17-13-4-2-1-3-11(13)9-5-6-12-10(7-9)8-14-15(12)19-16(20-18)21-14/h1-7H,8H2,(H,19,20). The maximum Gasteiger partial charge on any atom is 0.192 e. The third kappa shape index (κ3) is 2.25. The first-order valence-electron chi connectivity index (χ1n) is 6.51. The molecule has 2 nitrogen and oxygen atoms in total. The monoisotopic (exact) mass is 424 g/mol. The van der Waals surface area contributed by atoms with Crippen molar-refractivity contribution < 1.29 is 0 Å². The Labute approximate surface area is 145 Å². The molecule has 21 heavy (non-hydrogen) atoms. The number of fused-ring (bicyclic) bond motifs is 3. The SMILES string of the molecule is Clc1ccccc1-c1ccc2c(c1)Cc1sc(NI)nc1-2. The first-order chi connectivity index (χ1) is 10.3. The zero-order valence-electron chi connectivity index (χ0n) is 10.9. The minimum absolute atomic E-state index is 0.791. The summed E-state index contributed by atoms with van der Waals surface area (Å²) in [5.41, 5.74) is 5.96. The van der Waals surface area contributed by atoms with Crippen molar-refractivity contribution in [3.05, 3.63) is 57.9 Å². The summed E-state index contributed by atoms with van der Waals surface area (Å²) in [6.45, 7) is 0. The van der Waals surface area contributed by atoms with Gasteiger partial charge in [0.05, 0.1) is 28.6 Å². The maximum absolute atomic E-state index is 6.30. The third-order valence-electron chi connectivity index (χ3n) is 3.67. The third-order valence-corrected chi connectivity index (χ3v) is 5.85. The molecule has 0 spiro atoms. The smallest absolute Gasteiger partial charge is 0.192 e. The molecule has 0 radical (unpaired) electrons. The van der Waals surface area contributed by atoms with Crippen molar-refractivity contribution >= 4 is 50.9 Å². The molecule has 4 rings (SSSR count). The second-order valence-electron chi connectivity index (χ2n) is 4.91. The van der Waals surface area contributed by atoms with Gasteiger partial charge in [-0.05, 0) is 17.2 Å². The van der Waals surface area contributed by atoms with Gasteiger partial charge < -0.3 is 3.53 Å². The molecule has 0 aliphatic heterocycles. The Bertz CT molecular complexity index is 844. The largest absolute Gasteiger partial charge is 0.304 e. The van der Waals surface area contributed by atoms with Gasteiger partial charge in [0.25, 0.3) is 0 Å². The number of halogens is 2. The molecule has 1 aliphatic carbocycles. The Morgan fingerprint density at radius 3 is 2.81 bits per heavy atom. The van der Waals surface area contributed by atoms with Gasteiger partial charge >= 0.3 is 0 Å². The highest BCUT2D eigenvalue weighted by Gasteiger charge is 2.23. The Kier molecular flexibility index (Phi) is 3.40. The van der Waals surface area contributed by atoms with Crippen molar-refractivity contribution in [2.24, 2.45) is 0 Å². The topological polar surface area (TPSA) is 24.9 Å². The summed E-state index contributed by atoms with van der Waals surface area (Å²) in [6.07, 6.45) is 0.957. The van der Waals surface area contributed by atoms with Crippen molar-refractivity contribution in [1.29, 1.82) is 0 Å². The minimum Gasteiger partial charge on any atom is -0.304 e. The van der Waals surface area contributed by atoms with Gasteiger partial charge in [-0.2, -0.15) is 0 Å². The van der Waals surface area contributed by atoms with Crippen LogP contribution in [0, 0.1) is 0 Å². The predicted octanol–water partition coefficient (Wildman–Crippen LogP) is 5.80. The number of rotatable bonds is 2. The van der Waals surface area contributed by atoms with Gasteiger partial charge in [0.2, 0.25) is 0 Å². The number of nitrogens with one attached hydrogen (secondary N) is 1.